The number of aromatic nitrogens is 2. The van der Waals surface area contributed by atoms with Crippen LogP contribution in [0.2, 0.25) is 0 Å². The number of nitrogens with zero attached hydrogens (tertiary/aromatic N) is 2. The lowest BCUT2D eigenvalue weighted by molar-refractivity contribution is -0.113. The number of carbonyl (C=O) groups is 1. The van der Waals surface area contributed by atoms with Crippen molar-refractivity contribution in [2.75, 3.05) is 18.2 Å². The van der Waals surface area contributed by atoms with Gasteiger partial charge in [0.1, 0.15) is 22.4 Å². The normalized spacial score (nSPS) is 9.96. The number of anilines is 1. The summed E-state index contributed by atoms with van der Waals surface area (Å²) in [6, 6.07) is 8.94. The summed E-state index contributed by atoms with van der Waals surface area (Å²) in [5.41, 5.74) is 0.759. The van der Waals surface area contributed by atoms with Crippen LogP contribution in [-0.4, -0.2) is 28.7 Å². The molecule has 1 amide bonds. The minimum Gasteiger partial charge on any atom is -0.497 e. The molecule has 2 aromatic rings. The molecule has 8 heteroatoms. The van der Waals surface area contributed by atoms with Crippen molar-refractivity contribution in [1.29, 1.82) is 5.26 Å². The van der Waals surface area contributed by atoms with Crippen LogP contribution in [0.1, 0.15) is 11.3 Å². The van der Waals surface area contributed by atoms with E-state index in [9.17, 15) is 9.59 Å². The van der Waals surface area contributed by atoms with Crippen molar-refractivity contribution in [2.45, 2.75) is 11.9 Å². The molecule has 0 aliphatic heterocycles. The lowest BCUT2D eigenvalue weighted by atomic mass is 10.3. The summed E-state index contributed by atoms with van der Waals surface area (Å²) in [5.74, 6) is 0.392. The summed E-state index contributed by atoms with van der Waals surface area (Å²) in [4.78, 5) is 29.6. The Morgan fingerprint density at radius 1 is 1.52 bits per heavy atom. The predicted molar refractivity (Wildman–Crippen MR) is 86.7 cm³/mol. The molecular formula is C15H14N4O3S. The summed E-state index contributed by atoms with van der Waals surface area (Å²) < 4.78 is 5.08. The van der Waals surface area contributed by atoms with Gasteiger partial charge in [-0.2, -0.15) is 10.2 Å². The van der Waals surface area contributed by atoms with E-state index in [2.05, 4.69) is 15.3 Å². The number of methoxy groups -OCH3 is 1. The highest BCUT2D eigenvalue weighted by molar-refractivity contribution is 8.00. The molecule has 0 saturated carbocycles. The van der Waals surface area contributed by atoms with Crippen LogP contribution in [0.5, 0.6) is 5.75 Å². The van der Waals surface area contributed by atoms with Gasteiger partial charge in [0, 0.05) is 17.4 Å². The third-order valence-electron chi connectivity index (χ3n) is 2.89. The zero-order valence-electron chi connectivity index (χ0n) is 12.5. The van der Waals surface area contributed by atoms with E-state index in [0.717, 1.165) is 11.8 Å². The van der Waals surface area contributed by atoms with E-state index >= 15 is 0 Å². The maximum atomic E-state index is 12.0. The molecule has 1 heterocycles. The fraction of sp³-hybridized carbons (Fsp3) is 0.200. The molecule has 1 aromatic carbocycles. The highest BCUT2D eigenvalue weighted by Crippen LogP contribution is 2.21. The Morgan fingerprint density at radius 2 is 2.30 bits per heavy atom. The number of carbonyl (C=O) groups excluding carboxylic acids is 1. The summed E-state index contributed by atoms with van der Waals surface area (Å²) >= 11 is 1.04. The SMILES string of the molecule is COc1cccc(NC(=O)CSc2nc(=O)[nH]c(C)c2C#N)c1. The number of nitriles is 1. The van der Waals surface area contributed by atoms with Gasteiger partial charge in [-0.25, -0.2) is 4.79 Å². The number of rotatable bonds is 5. The standard InChI is InChI=1S/C15H14N4O3S/c1-9-12(7-16)14(19-15(21)17-9)23-8-13(20)18-10-4-3-5-11(6-10)22-2/h3-6H,8H2,1-2H3,(H,18,20)(H,17,19,21). The Bertz CT molecular complexity index is 826. The van der Waals surface area contributed by atoms with E-state index in [1.54, 1.807) is 38.3 Å². The molecule has 0 spiro atoms. The molecule has 0 unspecified atom stereocenters. The predicted octanol–water partition coefficient (Wildman–Crippen LogP) is 1.69. The van der Waals surface area contributed by atoms with Crippen LogP contribution in [0, 0.1) is 18.3 Å². The van der Waals surface area contributed by atoms with Crippen molar-refractivity contribution in [2.24, 2.45) is 0 Å². The van der Waals surface area contributed by atoms with E-state index in [1.807, 2.05) is 6.07 Å². The van der Waals surface area contributed by atoms with Gasteiger partial charge in [-0.3, -0.25) is 4.79 Å². The maximum absolute atomic E-state index is 12.0. The molecule has 2 N–H and O–H groups in total. The number of hydrogen-bond donors (Lipinski definition) is 2. The van der Waals surface area contributed by atoms with Gasteiger partial charge in [-0.15, -0.1) is 0 Å². The molecule has 0 aliphatic rings. The second kappa shape index (κ2) is 7.47. The number of benzene rings is 1. The molecular weight excluding hydrogens is 316 g/mol. The van der Waals surface area contributed by atoms with Gasteiger partial charge in [0.05, 0.1) is 12.9 Å². The first-order chi connectivity index (χ1) is 11.0. The Balaban J connectivity index is 2.05. The van der Waals surface area contributed by atoms with E-state index < -0.39 is 5.69 Å². The minimum atomic E-state index is -0.544. The third kappa shape index (κ3) is 4.34. The van der Waals surface area contributed by atoms with Gasteiger partial charge in [0.2, 0.25) is 5.91 Å². The molecule has 23 heavy (non-hydrogen) atoms. The number of ether oxygens (including phenoxy) is 1. The molecule has 2 rings (SSSR count). The molecule has 0 atom stereocenters. The van der Waals surface area contributed by atoms with Crippen molar-refractivity contribution in [3.05, 3.63) is 46.0 Å². The van der Waals surface area contributed by atoms with Crippen LogP contribution < -0.4 is 15.7 Å². The Labute approximate surface area is 136 Å². The van der Waals surface area contributed by atoms with Crippen molar-refractivity contribution < 1.29 is 9.53 Å². The number of H-pyrrole nitrogens is 1. The molecule has 0 radical (unpaired) electrons. The van der Waals surface area contributed by atoms with E-state index in [4.69, 9.17) is 10.00 Å². The molecule has 0 bridgehead atoms. The Kier molecular flexibility index (Phi) is 5.38. The number of thioether (sulfide) groups is 1. The highest BCUT2D eigenvalue weighted by Gasteiger charge is 2.12. The van der Waals surface area contributed by atoms with Crippen LogP contribution in [0.3, 0.4) is 0 Å². The Hall–Kier alpha value is -2.79. The first-order valence-corrected chi connectivity index (χ1v) is 7.59. The minimum absolute atomic E-state index is 0.0295. The van der Waals surface area contributed by atoms with E-state index in [1.165, 1.54) is 0 Å². The van der Waals surface area contributed by atoms with Crippen LogP contribution in [0.4, 0.5) is 5.69 Å². The van der Waals surface area contributed by atoms with E-state index in [0.29, 0.717) is 17.1 Å². The third-order valence-corrected chi connectivity index (χ3v) is 3.87. The second-order valence-corrected chi connectivity index (χ2v) is 5.49. The molecule has 0 fully saturated rings. The first kappa shape index (κ1) is 16.6. The number of aryl methyl sites for hydroxylation is 1. The van der Waals surface area contributed by atoms with Crippen LogP contribution >= 0.6 is 11.8 Å². The number of hydrogen-bond acceptors (Lipinski definition) is 6. The summed E-state index contributed by atoms with van der Waals surface area (Å²) in [5, 5.41) is 12.1. The number of nitrogens with one attached hydrogen (secondary N) is 2. The fourth-order valence-corrected chi connectivity index (χ4v) is 2.66. The van der Waals surface area contributed by atoms with Crippen molar-refractivity contribution in [3.8, 4) is 11.8 Å². The smallest absolute Gasteiger partial charge is 0.346 e. The molecule has 1 aromatic heterocycles. The maximum Gasteiger partial charge on any atom is 0.346 e. The van der Waals surface area contributed by atoms with Gasteiger partial charge in [0.15, 0.2) is 0 Å². The zero-order chi connectivity index (χ0) is 16.8. The van der Waals surface area contributed by atoms with Gasteiger partial charge >= 0.3 is 5.69 Å². The summed E-state index contributed by atoms with van der Waals surface area (Å²) in [6.45, 7) is 1.61. The van der Waals surface area contributed by atoms with Gasteiger partial charge in [0.25, 0.3) is 0 Å². The second-order valence-electron chi connectivity index (χ2n) is 4.53. The van der Waals surface area contributed by atoms with Crippen LogP contribution in [0.25, 0.3) is 0 Å². The largest absolute Gasteiger partial charge is 0.497 e. The van der Waals surface area contributed by atoms with Crippen molar-refractivity contribution in [1.82, 2.24) is 9.97 Å². The average molecular weight is 330 g/mol. The van der Waals surface area contributed by atoms with E-state index in [-0.39, 0.29) is 22.2 Å². The topological polar surface area (TPSA) is 108 Å². The van der Waals surface area contributed by atoms with Gasteiger partial charge < -0.3 is 15.0 Å². The molecule has 118 valence electrons. The quantitative estimate of drug-likeness (QED) is 0.638. The van der Waals surface area contributed by atoms with Gasteiger partial charge in [-0.1, -0.05) is 17.8 Å². The fourth-order valence-electron chi connectivity index (χ4n) is 1.83. The molecule has 0 aliphatic carbocycles. The van der Waals surface area contributed by atoms with Crippen molar-refractivity contribution in [3.63, 3.8) is 0 Å². The van der Waals surface area contributed by atoms with Gasteiger partial charge in [-0.05, 0) is 19.1 Å². The first-order valence-electron chi connectivity index (χ1n) is 6.61. The monoisotopic (exact) mass is 330 g/mol. The average Bonchev–Trinajstić information content (AvgIpc) is 2.52. The summed E-state index contributed by atoms with van der Waals surface area (Å²) in [6.07, 6.45) is 0. The molecule has 0 saturated heterocycles. The zero-order valence-corrected chi connectivity index (χ0v) is 13.4. The lowest BCUT2D eigenvalue weighted by Gasteiger charge is -2.07. The highest BCUT2D eigenvalue weighted by atomic mass is 32.2. The van der Waals surface area contributed by atoms with Crippen LogP contribution in [-0.2, 0) is 4.79 Å². The number of amides is 1. The molecule has 7 nitrogen and oxygen atoms in total. The Morgan fingerprint density at radius 3 is 3.00 bits per heavy atom. The van der Waals surface area contributed by atoms with Crippen LogP contribution in [0.15, 0.2) is 34.1 Å². The summed E-state index contributed by atoms with van der Waals surface area (Å²) in [7, 11) is 1.54. The van der Waals surface area contributed by atoms with Crippen molar-refractivity contribution >= 4 is 23.4 Å². The number of aromatic amines is 1. The lowest BCUT2D eigenvalue weighted by Crippen LogP contribution is -2.17.